The zero-order valence-electron chi connectivity index (χ0n) is 23.5. The molecule has 224 valence electrons. The minimum atomic E-state index is -2.86. The predicted molar refractivity (Wildman–Crippen MR) is 152 cm³/mol. The summed E-state index contributed by atoms with van der Waals surface area (Å²) in [5.74, 6) is -1.33. The molecule has 0 amide bonds. The zero-order chi connectivity index (χ0) is 29.9. The number of aromatic nitrogens is 6. The molecule has 0 atom stereocenters. The van der Waals surface area contributed by atoms with Gasteiger partial charge in [0.25, 0.3) is 5.89 Å². The molecule has 2 fully saturated rings. The first-order chi connectivity index (χ1) is 20.9. The van der Waals surface area contributed by atoms with E-state index in [0.717, 1.165) is 19.3 Å². The minimum Gasteiger partial charge on any atom is -0.415 e. The number of benzene rings is 1. The SMILES string of the molecule is C1CCN(C2COC2)CC1.Cn1c(=O)n(Cc2ccc(-c3nnc(C(F)F)o3)cn2)c2cc(F)c(-c3ccncc3)cc21. The summed E-state index contributed by atoms with van der Waals surface area (Å²) < 4.78 is 53.1. The summed E-state index contributed by atoms with van der Waals surface area (Å²) in [6.45, 7) is 4.68. The molecule has 7 rings (SSSR count). The van der Waals surface area contributed by atoms with Gasteiger partial charge in [0.2, 0.25) is 5.89 Å². The van der Waals surface area contributed by atoms with Gasteiger partial charge in [-0.3, -0.25) is 24.0 Å². The Kier molecular flexibility index (Phi) is 8.34. The Morgan fingerprint density at radius 2 is 1.74 bits per heavy atom. The van der Waals surface area contributed by atoms with Gasteiger partial charge in [0.05, 0.1) is 48.1 Å². The molecule has 2 saturated heterocycles. The molecular formula is C30H30F3N7O3. The van der Waals surface area contributed by atoms with Gasteiger partial charge in [-0.2, -0.15) is 8.78 Å². The first-order valence-corrected chi connectivity index (χ1v) is 14.1. The van der Waals surface area contributed by atoms with Crippen LogP contribution in [0, 0.1) is 5.82 Å². The standard InChI is InChI=1S/C22H15F3N6O2.C8H15NO/c1-30-17-8-15(12-4-6-26-7-5-12)16(23)9-18(17)31(22(30)32)11-14-3-2-13(10-27-14)20-28-29-21(33-20)19(24)25;1-2-4-9(5-3-1)8-6-10-7-8/h2-10,19H,11H2,1H3;8H,1-7H2. The fourth-order valence-corrected chi connectivity index (χ4v) is 5.29. The summed E-state index contributed by atoms with van der Waals surface area (Å²) in [6.07, 6.45) is 5.89. The van der Waals surface area contributed by atoms with Gasteiger partial charge in [-0.25, -0.2) is 9.18 Å². The molecule has 4 aromatic heterocycles. The van der Waals surface area contributed by atoms with Crippen molar-refractivity contribution in [3.63, 3.8) is 0 Å². The number of alkyl halides is 2. The Labute approximate surface area is 244 Å². The van der Waals surface area contributed by atoms with E-state index >= 15 is 0 Å². The van der Waals surface area contributed by atoms with Gasteiger partial charge in [0, 0.05) is 37.3 Å². The number of rotatable bonds is 6. The van der Waals surface area contributed by atoms with Crippen molar-refractivity contribution >= 4 is 11.0 Å². The van der Waals surface area contributed by atoms with Crippen LogP contribution in [0.25, 0.3) is 33.6 Å². The van der Waals surface area contributed by atoms with Crippen LogP contribution in [0.3, 0.4) is 0 Å². The topological polar surface area (TPSA) is 104 Å². The lowest BCUT2D eigenvalue weighted by Gasteiger charge is -2.39. The molecule has 0 aliphatic carbocycles. The number of aryl methyl sites for hydroxylation is 1. The van der Waals surface area contributed by atoms with Crippen LogP contribution < -0.4 is 5.69 Å². The molecule has 5 aromatic rings. The second kappa shape index (κ2) is 12.5. The second-order valence-corrected chi connectivity index (χ2v) is 10.6. The number of nitrogens with zero attached hydrogens (tertiary/aromatic N) is 7. The van der Waals surface area contributed by atoms with Crippen LogP contribution in [0.15, 0.2) is 64.2 Å². The largest absolute Gasteiger partial charge is 0.415 e. The monoisotopic (exact) mass is 593 g/mol. The van der Waals surface area contributed by atoms with Gasteiger partial charge in [-0.1, -0.05) is 6.42 Å². The van der Waals surface area contributed by atoms with Crippen LogP contribution >= 0.6 is 0 Å². The average Bonchev–Trinajstić information content (AvgIpc) is 3.58. The van der Waals surface area contributed by atoms with Crippen LogP contribution in [0.1, 0.15) is 37.3 Å². The Balaban J connectivity index is 0.000000277. The van der Waals surface area contributed by atoms with Gasteiger partial charge in [0.15, 0.2) is 0 Å². The highest BCUT2D eigenvalue weighted by Gasteiger charge is 2.26. The highest BCUT2D eigenvalue weighted by atomic mass is 19.3. The molecule has 6 heterocycles. The summed E-state index contributed by atoms with van der Waals surface area (Å²) in [7, 11) is 1.61. The van der Waals surface area contributed by atoms with Crippen molar-refractivity contribution in [2.75, 3.05) is 26.3 Å². The van der Waals surface area contributed by atoms with Crippen molar-refractivity contribution < 1.29 is 22.3 Å². The predicted octanol–water partition coefficient (Wildman–Crippen LogP) is 4.84. The smallest absolute Gasteiger partial charge is 0.329 e. The summed E-state index contributed by atoms with van der Waals surface area (Å²) in [5.41, 5.74) is 2.52. The number of ether oxygens (including phenoxy) is 1. The van der Waals surface area contributed by atoms with E-state index in [-0.39, 0.29) is 18.1 Å². The third kappa shape index (κ3) is 6.09. The van der Waals surface area contributed by atoms with Crippen molar-refractivity contribution in [2.24, 2.45) is 7.05 Å². The van der Waals surface area contributed by atoms with E-state index in [1.165, 1.54) is 53.7 Å². The molecule has 0 saturated carbocycles. The highest BCUT2D eigenvalue weighted by Crippen LogP contribution is 2.28. The molecule has 10 nitrogen and oxygen atoms in total. The lowest BCUT2D eigenvalue weighted by molar-refractivity contribution is -0.0698. The number of pyridine rings is 2. The molecule has 0 bridgehead atoms. The van der Waals surface area contributed by atoms with E-state index in [1.54, 1.807) is 49.8 Å². The molecule has 1 aromatic carbocycles. The van der Waals surface area contributed by atoms with E-state index in [9.17, 15) is 18.0 Å². The molecule has 2 aliphatic rings. The van der Waals surface area contributed by atoms with Crippen molar-refractivity contribution in [1.29, 1.82) is 0 Å². The Hall–Kier alpha value is -4.36. The van der Waals surface area contributed by atoms with E-state index in [0.29, 0.717) is 33.4 Å². The van der Waals surface area contributed by atoms with Crippen molar-refractivity contribution in [1.82, 2.24) is 34.2 Å². The van der Waals surface area contributed by atoms with Crippen LogP contribution in [0.5, 0.6) is 0 Å². The van der Waals surface area contributed by atoms with E-state index in [1.807, 2.05) is 0 Å². The molecule has 0 unspecified atom stereocenters. The molecule has 43 heavy (non-hydrogen) atoms. The van der Waals surface area contributed by atoms with Crippen molar-refractivity contribution in [2.45, 2.75) is 38.3 Å². The molecular weight excluding hydrogens is 563 g/mol. The van der Waals surface area contributed by atoms with Crippen LogP contribution in [-0.4, -0.2) is 66.5 Å². The quantitative estimate of drug-likeness (QED) is 0.276. The normalized spacial score (nSPS) is 15.8. The number of piperidine rings is 1. The molecule has 2 aliphatic heterocycles. The lowest BCUT2D eigenvalue weighted by atomic mass is 10.1. The maximum Gasteiger partial charge on any atom is 0.329 e. The Morgan fingerprint density at radius 3 is 2.37 bits per heavy atom. The summed E-state index contributed by atoms with van der Waals surface area (Å²) in [4.78, 5) is 23.7. The Bertz CT molecular complexity index is 1740. The number of halogens is 3. The fourth-order valence-electron chi connectivity index (χ4n) is 5.29. The fraction of sp³-hybridized carbons (Fsp3) is 0.367. The molecule has 13 heteroatoms. The van der Waals surface area contributed by atoms with Gasteiger partial charge in [-0.05, 0) is 61.8 Å². The van der Waals surface area contributed by atoms with E-state index in [4.69, 9.17) is 9.15 Å². The first-order valence-electron chi connectivity index (χ1n) is 14.1. The summed E-state index contributed by atoms with van der Waals surface area (Å²) in [6, 6.07) is 10.3. The number of hydrogen-bond acceptors (Lipinski definition) is 8. The maximum atomic E-state index is 14.9. The van der Waals surface area contributed by atoms with Crippen molar-refractivity contribution in [3.05, 3.63) is 82.9 Å². The van der Waals surface area contributed by atoms with Gasteiger partial charge >= 0.3 is 12.1 Å². The first kappa shape index (κ1) is 28.7. The van der Waals surface area contributed by atoms with E-state index < -0.39 is 18.1 Å². The summed E-state index contributed by atoms with van der Waals surface area (Å²) >= 11 is 0. The number of likely N-dealkylation sites (tertiary alicyclic amines) is 1. The van der Waals surface area contributed by atoms with Gasteiger partial charge in [-0.15, -0.1) is 10.2 Å². The number of imidazole rings is 1. The third-order valence-electron chi connectivity index (χ3n) is 7.77. The van der Waals surface area contributed by atoms with Gasteiger partial charge in [0.1, 0.15) is 5.82 Å². The molecule has 0 spiro atoms. The highest BCUT2D eigenvalue weighted by molar-refractivity contribution is 5.83. The second-order valence-electron chi connectivity index (χ2n) is 10.6. The Morgan fingerprint density at radius 1 is 0.977 bits per heavy atom. The maximum absolute atomic E-state index is 14.9. The number of hydrogen-bond donors (Lipinski definition) is 0. The van der Waals surface area contributed by atoms with Gasteiger partial charge < -0.3 is 9.15 Å². The lowest BCUT2D eigenvalue weighted by Crippen LogP contribution is -2.50. The molecule has 0 N–H and O–H groups in total. The average molecular weight is 594 g/mol. The minimum absolute atomic E-state index is 0.0800. The number of fused-ring (bicyclic) bond motifs is 1. The van der Waals surface area contributed by atoms with Crippen molar-refractivity contribution in [3.8, 4) is 22.6 Å². The molecule has 0 radical (unpaired) electrons. The van der Waals surface area contributed by atoms with Crippen LogP contribution in [0.2, 0.25) is 0 Å². The third-order valence-corrected chi connectivity index (χ3v) is 7.77. The van der Waals surface area contributed by atoms with Crippen LogP contribution in [0.4, 0.5) is 13.2 Å². The zero-order valence-corrected chi connectivity index (χ0v) is 23.5. The summed E-state index contributed by atoms with van der Waals surface area (Å²) in [5, 5.41) is 6.87. The van der Waals surface area contributed by atoms with E-state index in [2.05, 4.69) is 25.1 Å². The van der Waals surface area contributed by atoms with Crippen LogP contribution in [-0.2, 0) is 18.3 Å².